The second-order valence-electron chi connectivity index (χ2n) is 10.7. The number of nitrogen functional groups attached to an aromatic ring is 1. The maximum absolute atomic E-state index is 16.2. The molecule has 4 rings (SSSR count). The molecule has 2 aromatic heterocycles. The van der Waals surface area contributed by atoms with Crippen LogP contribution in [0.15, 0.2) is 36.7 Å². The fourth-order valence-corrected chi connectivity index (χ4v) is 5.77. The van der Waals surface area contributed by atoms with Crippen molar-refractivity contribution in [1.82, 2.24) is 24.4 Å². The van der Waals surface area contributed by atoms with E-state index in [-0.39, 0.29) is 22.9 Å². The SMILES string of the molecule is CCN(CC)c1nc(N)nc2c1ncn2[C@@H]1O[C@](F)(CO[PH](=O)N(Oc2ccccc2)[C@@H](C)C(=O)OC(C)C)[C@@H](O)[C@@]1(C)F. The lowest BCUT2D eigenvalue weighted by molar-refractivity contribution is -0.203. The number of carbonyl (C=O) groups excluding carboxylic acids is 1. The van der Waals surface area contributed by atoms with Crippen molar-refractivity contribution in [3.05, 3.63) is 36.7 Å². The van der Waals surface area contributed by atoms with Crippen LogP contribution in [0.2, 0.25) is 0 Å². The molecule has 0 bridgehead atoms. The van der Waals surface area contributed by atoms with Gasteiger partial charge in [-0.3, -0.25) is 13.9 Å². The lowest BCUT2D eigenvalue weighted by atomic mass is 9.97. The Morgan fingerprint density at radius 2 is 1.86 bits per heavy atom. The highest BCUT2D eigenvalue weighted by molar-refractivity contribution is 7.36. The van der Waals surface area contributed by atoms with Gasteiger partial charge in [0.1, 0.15) is 18.4 Å². The van der Waals surface area contributed by atoms with Crippen molar-refractivity contribution in [2.75, 3.05) is 30.3 Å². The van der Waals surface area contributed by atoms with Gasteiger partial charge in [0.15, 0.2) is 35.0 Å². The number of hydrogen-bond acceptors (Lipinski definition) is 12. The summed E-state index contributed by atoms with van der Waals surface area (Å²) < 4.78 is 62.7. The number of aliphatic hydroxyl groups is 1. The number of aliphatic hydroxyl groups excluding tert-OH is 1. The maximum Gasteiger partial charge on any atom is 0.327 e. The van der Waals surface area contributed by atoms with Gasteiger partial charge in [0.2, 0.25) is 5.95 Å². The third-order valence-corrected chi connectivity index (χ3v) is 8.26. The Balaban J connectivity index is 1.59. The van der Waals surface area contributed by atoms with Gasteiger partial charge in [0.05, 0.1) is 12.4 Å². The number of halogens is 2. The molecule has 1 aromatic carbocycles. The van der Waals surface area contributed by atoms with Crippen LogP contribution in [0.1, 0.15) is 47.8 Å². The summed E-state index contributed by atoms with van der Waals surface area (Å²) in [4.78, 5) is 33.6. The van der Waals surface area contributed by atoms with E-state index in [0.717, 1.165) is 16.3 Å². The van der Waals surface area contributed by atoms with Gasteiger partial charge >= 0.3 is 5.97 Å². The second kappa shape index (κ2) is 13.3. The van der Waals surface area contributed by atoms with Gasteiger partial charge < -0.3 is 34.6 Å². The molecule has 1 aliphatic heterocycles. The molecule has 0 spiro atoms. The average Bonchev–Trinajstić information content (AvgIpc) is 3.47. The van der Waals surface area contributed by atoms with E-state index >= 15 is 8.78 Å². The number of hydrogen-bond donors (Lipinski definition) is 2. The normalized spacial score (nSPS) is 25.0. The minimum atomic E-state index is -3.58. The van der Waals surface area contributed by atoms with Crippen LogP contribution in [0.25, 0.3) is 11.2 Å². The summed E-state index contributed by atoms with van der Waals surface area (Å²) in [6.45, 7) is 9.35. The number of benzene rings is 1. The molecule has 1 saturated heterocycles. The van der Waals surface area contributed by atoms with Crippen molar-refractivity contribution in [3.63, 3.8) is 0 Å². The molecule has 0 saturated carbocycles. The number of hydroxylamine groups is 1. The van der Waals surface area contributed by atoms with Crippen LogP contribution in [0.3, 0.4) is 0 Å². The highest BCUT2D eigenvalue weighted by atomic mass is 31.1. The first-order valence-electron chi connectivity index (χ1n) is 14.1. The summed E-state index contributed by atoms with van der Waals surface area (Å²) in [5.74, 6) is -3.49. The van der Waals surface area contributed by atoms with E-state index in [1.165, 1.54) is 13.3 Å². The van der Waals surface area contributed by atoms with Gasteiger partial charge in [-0.2, -0.15) is 9.97 Å². The largest absolute Gasteiger partial charge is 0.462 e. The number of alkyl halides is 2. The number of imidazole rings is 1. The minimum Gasteiger partial charge on any atom is -0.462 e. The summed E-state index contributed by atoms with van der Waals surface area (Å²) in [5.41, 5.74) is 3.51. The van der Waals surface area contributed by atoms with E-state index in [0.29, 0.717) is 18.9 Å². The Morgan fingerprint density at radius 3 is 2.48 bits per heavy atom. The van der Waals surface area contributed by atoms with Crippen LogP contribution < -0.4 is 15.5 Å². The van der Waals surface area contributed by atoms with Gasteiger partial charge in [-0.1, -0.05) is 23.0 Å². The fraction of sp³-hybridized carbons (Fsp3) is 0.556. The van der Waals surface area contributed by atoms with Crippen molar-refractivity contribution in [3.8, 4) is 5.75 Å². The first-order valence-corrected chi connectivity index (χ1v) is 15.4. The smallest absolute Gasteiger partial charge is 0.327 e. The van der Waals surface area contributed by atoms with Crippen molar-refractivity contribution in [2.24, 2.45) is 0 Å². The predicted molar refractivity (Wildman–Crippen MR) is 157 cm³/mol. The lowest BCUT2D eigenvalue weighted by Gasteiger charge is -2.29. The van der Waals surface area contributed by atoms with Gasteiger partial charge in [0, 0.05) is 13.1 Å². The van der Waals surface area contributed by atoms with Gasteiger partial charge in [-0.25, -0.2) is 13.8 Å². The van der Waals surface area contributed by atoms with Gasteiger partial charge in [-0.15, -0.1) is 0 Å². The number of para-hydroxylation sites is 1. The van der Waals surface area contributed by atoms with Crippen LogP contribution in [0, 0.1) is 0 Å². The Hall–Kier alpha value is -3.43. The molecule has 0 amide bonds. The molecule has 3 N–H and O–H groups in total. The van der Waals surface area contributed by atoms with E-state index < -0.39 is 56.8 Å². The predicted octanol–water partition coefficient (Wildman–Crippen LogP) is 3.58. The van der Waals surface area contributed by atoms with Crippen molar-refractivity contribution < 1.29 is 42.1 Å². The standard InChI is InChI=1S/C27H38F2N7O7P/c1-7-34(8-2)20-19-21(33-25(30)32-20)35(15-31-19)24-26(6,28)23(38)27(29,42-24)14-40-44(39)36(17(5)22(37)41-16(3)4)43-18-12-10-9-11-13-18/h9-13,15-17,23-24,38,44H,7-8,14H2,1-6H3,(H2,30,32,33)/t17-,23-,24+,26+,27+/m0/s1. The number of rotatable bonds is 13. The summed E-state index contributed by atoms with van der Waals surface area (Å²) in [5, 5.41) is 10.8. The van der Waals surface area contributed by atoms with E-state index in [1.807, 2.05) is 18.7 Å². The summed E-state index contributed by atoms with van der Waals surface area (Å²) in [6, 6.07) is 6.84. The number of anilines is 2. The molecule has 3 heterocycles. The first-order chi connectivity index (χ1) is 20.7. The first kappa shape index (κ1) is 33.5. The highest BCUT2D eigenvalue weighted by Gasteiger charge is 2.65. The number of nitrogens with two attached hydrogens (primary N) is 1. The van der Waals surface area contributed by atoms with Crippen LogP contribution in [0.4, 0.5) is 20.5 Å². The number of fused-ring (bicyclic) bond motifs is 1. The fourth-order valence-electron chi connectivity index (χ4n) is 4.72. The van der Waals surface area contributed by atoms with Crippen LogP contribution in [0.5, 0.6) is 5.75 Å². The monoisotopic (exact) mass is 641 g/mol. The third-order valence-electron chi connectivity index (χ3n) is 7.03. The Bertz CT molecular complexity index is 1480. The molecule has 1 fully saturated rings. The summed E-state index contributed by atoms with van der Waals surface area (Å²) in [6.07, 6.45) is -3.48. The minimum absolute atomic E-state index is 0.0548. The zero-order chi connectivity index (χ0) is 32.4. The van der Waals surface area contributed by atoms with Gasteiger partial charge in [0.25, 0.3) is 14.0 Å². The molecule has 242 valence electrons. The molecule has 14 nitrogen and oxygen atoms in total. The molecule has 17 heteroatoms. The molecule has 0 radical (unpaired) electrons. The number of esters is 1. The van der Waals surface area contributed by atoms with Crippen LogP contribution in [-0.2, 0) is 23.4 Å². The highest BCUT2D eigenvalue weighted by Crippen LogP contribution is 2.50. The van der Waals surface area contributed by atoms with Crippen molar-refractivity contribution in [1.29, 1.82) is 0 Å². The van der Waals surface area contributed by atoms with E-state index in [4.69, 9.17) is 24.6 Å². The molecule has 6 atom stereocenters. The van der Waals surface area contributed by atoms with Crippen LogP contribution >= 0.6 is 8.18 Å². The van der Waals surface area contributed by atoms with Crippen LogP contribution in [-0.4, -0.2) is 84.9 Å². The molecular formula is C27H38F2N7O7P. The number of carbonyl (C=O) groups is 1. The lowest BCUT2D eigenvalue weighted by Crippen LogP contribution is -2.47. The molecule has 44 heavy (non-hydrogen) atoms. The number of nitrogens with zero attached hydrogens (tertiary/aromatic N) is 6. The number of ether oxygens (including phenoxy) is 2. The van der Waals surface area contributed by atoms with E-state index in [1.54, 1.807) is 44.2 Å². The summed E-state index contributed by atoms with van der Waals surface area (Å²) in [7, 11) is -3.58. The Kier molecular flexibility index (Phi) is 10.1. The zero-order valence-corrected chi connectivity index (χ0v) is 26.3. The van der Waals surface area contributed by atoms with E-state index in [9.17, 15) is 14.5 Å². The van der Waals surface area contributed by atoms with Gasteiger partial charge in [-0.05, 0) is 53.7 Å². The maximum atomic E-state index is 16.2. The Labute approximate surface area is 253 Å². The topological polar surface area (TPSA) is 167 Å². The average molecular weight is 642 g/mol. The zero-order valence-electron chi connectivity index (χ0n) is 25.3. The number of aromatic nitrogens is 4. The summed E-state index contributed by atoms with van der Waals surface area (Å²) >= 11 is 0. The van der Waals surface area contributed by atoms with Crippen molar-refractivity contribution >= 4 is 37.1 Å². The molecule has 3 aromatic rings. The Morgan fingerprint density at radius 1 is 1.20 bits per heavy atom. The third kappa shape index (κ3) is 6.64. The molecule has 0 aliphatic carbocycles. The van der Waals surface area contributed by atoms with E-state index in [2.05, 4.69) is 15.0 Å². The molecule has 1 unspecified atom stereocenters. The second-order valence-corrected chi connectivity index (χ2v) is 11.9. The quantitative estimate of drug-likeness (QED) is 0.158. The molecule has 1 aliphatic rings. The molecular weight excluding hydrogens is 603 g/mol. The van der Waals surface area contributed by atoms with Crippen molar-refractivity contribution in [2.45, 2.75) is 77.5 Å².